The van der Waals surface area contributed by atoms with Gasteiger partial charge >= 0.3 is 0 Å². The summed E-state index contributed by atoms with van der Waals surface area (Å²) in [6, 6.07) is 0. The summed E-state index contributed by atoms with van der Waals surface area (Å²) in [7, 11) is 0. The van der Waals surface area contributed by atoms with Gasteiger partial charge in [-0.3, -0.25) is 0 Å². The van der Waals surface area contributed by atoms with E-state index in [1.807, 2.05) is 13.8 Å². The molecule has 0 aliphatic rings. The van der Waals surface area contributed by atoms with Crippen LogP contribution in [0.25, 0.3) is 0 Å². The van der Waals surface area contributed by atoms with Gasteiger partial charge in [-0.15, -0.1) is 0 Å². The average molecular weight is 188 g/mol. The van der Waals surface area contributed by atoms with E-state index in [1.165, 1.54) is 0 Å². The van der Waals surface area contributed by atoms with Gasteiger partial charge in [-0.05, 0) is 26.7 Å². The molecule has 0 radical (unpaired) electrons. The zero-order valence-corrected chi connectivity index (χ0v) is 8.75. The molecule has 3 heteroatoms. The van der Waals surface area contributed by atoms with Crippen LogP contribution in [-0.2, 0) is 9.53 Å². The van der Waals surface area contributed by atoms with Crippen LogP contribution in [0, 0.1) is 0 Å². The molecule has 13 heavy (non-hydrogen) atoms. The predicted octanol–water partition coefficient (Wildman–Crippen LogP) is 1.53. The predicted molar refractivity (Wildman–Crippen MR) is 51.6 cm³/mol. The zero-order chi connectivity index (χ0) is 10.3. The molecule has 2 atom stereocenters. The van der Waals surface area contributed by atoms with Gasteiger partial charge in [-0.1, -0.05) is 6.92 Å². The Balaban J connectivity index is 3.59. The van der Waals surface area contributed by atoms with Gasteiger partial charge in [-0.2, -0.15) is 0 Å². The lowest BCUT2D eigenvalue weighted by atomic mass is 10.1. The molecule has 0 amide bonds. The summed E-state index contributed by atoms with van der Waals surface area (Å²) in [4.78, 5) is 10.7. The maximum Gasteiger partial charge on any atom is 0.129 e. The van der Waals surface area contributed by atoms with Crippen LogP contribution in [0.3, 0.4) is 0 Å². The van der Waals surface area contributed by atoms with Gasteiger partial charge in [0.1, 0.15) is 5.78 Å². The Morgan fingerprint density at radius 2 is 2.15 bits per heavy atom. The fourth-order valence-corrected chi connectivity index (χ4v) is 1.07. The topological polar surface area (TPSA) is 46.5 Å². The number of carbonyl (C=O) groups excluding carboxylic acids is 1. The molecule has 0 saturated heterocycles. The van der Waals surface area contributed by atoms with Crippen molar-refractivity contribution in [1.82, 2.24) is 0 Å². The van der Waals surface area contributed by atoms with E-state index >= 15 is 0 Å². The van der Waals surface area contributed by atoms with Crippen LogP contribution in [0.1, 0.15) is 40.0 Å². The van der Waals surface area contributed by atoms with Crippen LogP contribution in [0.2, 0.25) is 0 Å². The lowest BCUT2D eigenvalue weighted by Crippen LogP contribution is -2.23. The number of hydrogen-bond donors (Lipinski definition) is 1. The molecule has 78 valence electrons. The fourth-order valence-electron chi connectivity index (χ4n) is 1.07. The largest absolute Gasteiger partial charge is 0.394 e. The van der Waals surface area contributed by atoms with Gasteiger partial charge in [0.25, 0.3) is 0 Å². The summed E-state index contributed by atoms with van der Waals surface area (Å²) in [6.45, 7) is 5.54. The van der Waals surface area contributed by atoms with E-state index in [0.29, 0.717) is 6.42 Å². The fraction of sp³-hybridized carbons (Fsp3) is 0.900. The molecule has 3 nitrogen and oxygen atoms in total. The summed E-state index contributed by atoms with van der Waals surface area (Å²) in [5.41, 5.74) is 0. The number of carbonyl (C=O) groups is 1. The number of aliphatic hydroxyl groups is 1. The molecule has 0 aliphatic carbocycles. The standard InChI is InChI=1S/C10H20O3/c1-4-10(7-11)13-9(3)6-5-8(2)12/h9-11H,4-7H2,1-3H3. The van der Waals surface area contributed by atoms with E-state index in [1.54, 1.807) is 6.92 Å². The molecule has 0 aromatic carbocycles. The van der Waals surface area contributed by atoms with Crippen molar-refractivity contribution in [2.24, 2.45) is 0 Å². The first kappa shape index (κ1) is 12.6. The monoisotopic (exact) mass is 188 g/mol. The van der Waals surface area contributed by atoms with E-state index in [0.717, 1.165) is 12.8 Å². The second kappa shape index (κ2) is 7.04. The van der Waals surface area contributed by atoms with Crippen molar-refractivity contribution in [3.63, 3.8) is 0 Å². The number of ether oxygens (including phenoxy) is 1. The lowest BCUT2D eigenvalue weighted by Gasteiger charge is -2.18. The molecule has 0 rings (SSSR count). The van der Waals surface area contributed by atoms with E-state index in [-0.39, 0.29) is 24.6 Å². The highest BCUT2D eigenvalue weighted by atomic mass is 16.5. The minimum absolute atomic E-state index is 0.0565. The number of hydrogen-bond acceptors (Lipinski definition) is 3. The van der Waals surface area contributed by atoms with E-state index in [9.17, 15) is 4.79 Å². The van der Waals surface area contributed by atoms with Crippen molar-refractivity contribution < 1.29 is 14.6 Å². The smallest absolute Gasteiger partial charge is 0.129 e. The molecule has 1 N–H and O–H groups in total. The molecule has 0 saturated carbocycles. The summed E-state index contributed by atoms with van der Waals surface area (Å²) in [6.07, 6.45) is 2.08. The van der Waals surface area contributed by atoms with Gasteiger partial charge in [-0.25, -0.2) is 0 Å². The Morgan fingerprint density at radius 1 is 1.54 bits per heavy atom. The summed E-state index contributed by atoms with van der Waals surface area (Å²) in [5.74, 6) is 0.187. The highest BCUT2D eigenvalue weighted by molar-refractivity contribution is 5.75. The van der Waals surface area contributed by atoms with Gasteiger partial charge in [0.2, 0.25) is 0 Å². The molecule has 0 spiro atoms. The van der Waals surface area contributed by atoms with Crippen molar-refractivity contribution in [2.45, 2.75) is 52.2 Å². The van der Waals surface area contributed by atoms with Crippen LogP contribution in [0.5, 0.6) is 0 Å². The van der Waals surface area contributed by atoms with Crippen molar-refractivity contribution in [3.05, 3.63) is 0 Å². The number of aliphatic hydroxyl groups excluding tert-OH is 1. The summed E-state index contributed by atoms with van der Waals surface area (Å²) in [5, 5.41) is 8.86. The van der Waals surface area contributed by atoms with Gasteiger partial charge in [0.05, 0.1) is 18.8 Å². The quantitative estimate of drug-likeness (QED) is 0.659. The molecule has 0 bridgehead atoms. The number of Topliss-reactive ketones (excluding diaryl/α,β-unsaturated/α-hetero) is 1. The molecule has 2 unspecified atom stereocenters. The second-order valence-electron chi connectivity index (χ2n) is 3.40. The number of rotatable bonds is 7. The minimum atomic E-state index is -0.0815. The zero-order valence-electron chi connectivity index (χ0n) is 8.75. The Labute approximate surface area is 80.1 Å². The SMILES string of the molecule is CCC(CO)OC(C)CCC(C)=O. The highest BCUT2D eigenvalue weighted by Crippen LogP contribution is 2.07. The van der Waals surface area contributed by atoms with Crippen molar-refractivity contribution >= 4 is 5.78 Å². The number of ketones is 1. The maximum absolute atomic E-state index is 10.7. The second-order valence-corrected chi connectivity index (χ2v) is 3.40. The molecule has 0 fully saturated rings. The molecule has 0 heterocycles. The Morgan fingerprint density at radius 3 is 2.54 bits per heavy atom. The van der Waals surface area contributed by atoms with Crippen molar-refractivity contribution in [2.75, 3.05) is 6.61 Å². The molecule has 0 aliphatic heterocycles. The normalized spacial score (nSPS) is 15.4. The third-order valence-electron chi connectivity index (χ3n) is 1.99. The Bertz CT molecular complexity index is 141. The van der Waals surface area contributed by atoms with Crippen LogP contribution < -0.4 is 0 Å². The molecular formula is C10H20O3. The van der Waals surface area contributed by atoms with Crippen molar-refractivity contribution in [1.29, 1.82) is 0 Å². The van der Waals surface area contributed by atoms with Crippen LogP contribution >= 0.6 is 0 Å². The first-order chi connectivity index (χ1) is 6.10. The highest BCUT2D eigenvalue weighted by Gasteiger charge is 2.10. The maximum atomic E-state index is 10.7. The van der Waals surface area contributed by atoms with Crippen LogP contribution in [0.15, 0.2) is 0 Å². The third kappa shape index (κ3) is 6.72. The van der Waals surface area contributed by atoms with E-state index in [2.05, 4.69) is 0 Å². The third-order valence-corrected chi connectivity index (χ3v) is 1.99. The molecule has 0 aromatic rings. The first-order valence-electron chi connectivity index (χ1n) is 4.85. The van der Waals surface area contributed by atoms with E-state index in [4.69, 9.17) is 9.84 Å². The first-order valence-corrected chi connectivity index (χ1v) is 4.85. The average Bonchev–Trinajstić information content (AvgIpc) is 2.10. The molecular weight excluding hydrogens is 168 g/mol. The van der Waals surface area contributed by atoms with Crippen LogP contribution in [-0.4, -0.2) is 29.7 Å². The van der Waals surface area contributed by atoms with Gasteiger partial charge in [0, 0.05) is 6.42 Å². The summed E-state index contributed by atoms with van der Waals surface area (Å²) < 4.78 is 5.50. The summed E-state index contributed by atoms with van der Waals surface area (Å²) >= 11 is 0. The van der Waals surface area contributed by atoms with Crippen molar-refractivity contribution in [3.8, 4) is 0 Å². The molecule has 0 aromatic heterocycles. The van der Waals surface area contributed by atoms with E-state index < -0.39 is 0 Å². The lowest BCUT2D eigenvalue weighted by molar-refractivity contribution is -0.118. The van der Waals surface area contributed by atoms with Crippen LogP contribution in [0.4, 0.5) is 0 Å². The van der Waals surface area contributed by atoms with Gasteiger partial charge < -0.3 is 14.6 Å². The Hall–Kier alpha value is -0.410. The Kier molecular flexibility index (Phi) is 6.82. The minimum Gasteiger partial charge on any atom is -0.394 e. The van der Waals surface area contributed by atoms with Gasteiger partial charge in [0.15, 0.2) is 0 Å².